The van der Waals surface area contributed by atoms with Crippen LogP contribution in [-0.4, -0.2) is 69.5 Å². The standard InChI is InChI=1S/C11H13ClO5.C11H14O5/c1-14-8-6(5-13)7(12)9(15-2)11(17-4)10(8)16-3;1-13-8-5-7(6-12)9(14-2)11(16-4)10(8)15-3/h5H,1-4H3;5-6H,1-4H3. The average molecular weight is 487 g/mol. The van der Waals surface area contributed by atoms with Crippen LogP contribution in [0.1, 0.15) is 20.7 Å². The zero-order valence-corrected chi connectivity index (χ0v) is 20.4. The van der Waals surface area contributed by atoms with Crippen molar-refractivity contribution in [3.8, 4) is 46.0 Å². The van der Waals surface area contributed by atoms with Crippen LogP contribution in [0.3, 0.4) is 0 Å². The molecular formula is C22H27ClO10. The van der Waals surface area contributed by atoms with Gasteiger partial charge in [-0.05, 0) is 6.07 Å². The molecule has 2 rings (SSSR count). The number of ether oxygens (including phenoxy) is 8. The van der Waals surface area contributed by atoms with Crippen molar-refractivity contribution in [3.63, 3.8) is 0 Å². The van der Waals surface area contributed by atoms with E-state index in [1.54, 1.807) is 0 Å². The highest BCUT2D eigenvalue weighted by atomic mass is 35.5. The van der Waals surface area contributed by atoms with Gasteiger partial charge in [-0.1, -0.05) is 11.6 Å². The maximum atomic E-state index is 11.0. The number of hydrogen-bond acceptors (Lipinski definition) is 10. The Kier molecular flexibility index (Phi) is 10.9. The van der Waals surface area contributed by atoms with E-state index in [-0.39, 0.29) is 33.6 Å². The Hall–Kier alpha value is -3.53. The molecule has 0 aliphatic carbocycles. The molecule has 0 N–H and O–H groups in total. The Morgan fingerprint density at radius 3 is 1.33 bits per heavy atom. The number of benzene rings is 2. The molecule has 0 atom stereocenters. The first-order valence-electron chi connectivity index (χ1n) is 9.21. The number of carbonyl (C=O) groups is 2. The third-order valence-electron chi connectivity index (χ3n) is 4.38. The number of hydrogen-bond donors (Lipinski definition) is 0. The zero-order valence-electron chi connectivity index (χ0n) is 19.7. The Balaban J connectivity index is 0.000000331. The predicted octanol–water partition coefficient (Wildman–Crippen LogP) is 3.72. The molecular weight excluding hydrogens is 460 g/mol. The summed E-state index contributed by atoms with van der Waals surface area (Å²) in [5.41, 5.74) is 0.501. The quantitative estimate of drug-likeness (QED) is 0.461. The van der Waals surface area contributed by atoms with Gasteiger partial charge in [-0.15, -0.1) is 0 Å². The first kappa shape index (κ1) is 27.5. The molecule has 0 saturated carbocycles. The topological polar surface area (TPSA) is 108 Å². The van der Waals surface area contributed by atoms with Gasteiger partial charge in [0.15, 0.2) is 35.6 Å². The van der Waals surface area contributed by atoms with Gasteiger partial charge in [0.05, 0.1) is 68.0 Å². The van der Waals surface area contributed by atoms with Gasteiger partial charge in [0.2, 0.25) is 23.0 Å². The summed E-state index contributed by atoms with van der Waals surface area (Å²) in [7, 11) is 11.6. The predicted molar refractivity (Wildman–Crippen MR) is 121 cm³/mol. The number of methoxy groups -OCH3 is 8. The summed E-state index contributed by atoms with van der Waals surface area (Å²) in [5.74, 6) is 2.47. The molecule has 0 aliphatic rings. The molecule has 0 fully saturated rings. The second-order valence-electron chi connectivity index (χ2n) is 5.86. The van der Waals surface area contributed by atoms with Gasteiger partial charge in [0, 0.05) is 0 Å². The summed E-state index contributed by atoms with van der Waals surface area (Å²) in [6.45, 7) is 0. The molecule has 2 aromatic carbocycles. The van der Waals surface area contributed by atoms with Crippen LogP contribution in [0, 0.1) is 0 Å². The second-order valence-corrected chi connectivity index (χ2v) is 6.24. The van der Waals surface area contributed by atoms with E-state index in [1.807, 2.05) is 0 Å². The highest BCUT2D eigenvalue weighted by molar-refractivity contribution is 6.35. The molecule has 0 spiro atoms. The fourth-order valence-electron chi connectivity index (χ4n) is 2.96. The lowest BCUT2D eigenvalue weighted by atomic mass is 10.1. The van der Waals surface area contributed by atoms with Crippen LogP contribution in [-0.2, 0) is 0 Å². The van der Waals surface area contributed by atoms with Crippen molar-refractivity contribution in [1.82, 2.24) is 0 Å². The SMILES string of the molecule is COc1c(Cl)c(C=O)c(OC)c(OC)c1OC.COc1cc(C=O)c(OC)c(OC)c1OC. The van der Waals surface area contributed by atoms with Crippen molar-refractivity contribution in [2.24, 2.45) is 0 Å². The van der Waals surface area contributed by atoms with Gasteiger partial charge in [-0.3, -0.25) is 9.59 Å². The normalized spacial score (nSPS) is 9.61. The summed E-state index contributed by atoms with van der Waals surface area (Å²) < 4.78 is 41.0. The van der Waals surface area contributed by atoms with Crippen LogP contribution in [0.5, 0.6) is 46.0 Å². The van der Waals surface area contributed by atoms with Crippen LogP contribution in [0.15, 0.2) is 6.07 Å². The third kappa shape index (κ3) is 5.46. The smallest absolute Gasteiger partial charge is 0.208 e. The minimum absolute atomic E-state index is 0.122. The average Bonchev–Trinajstić information content (AvgIpc) is 2.86. The molecule has 2 aromatic rings. The second kappa shape index (κ2) is 13.1. The lowest BCUT2D eigenvalue weighted by Crippen LogP contribution is -2.02. The summed E-state index contributed by atoms with van der Waals surface area (Å²) in [6.07, 6.45) is 1.24. The van der Waals surface area contributed by atoms with Crippen LogP contribution >= 0.6 is 11.6 Å². The summed E-state index contributed by atoms with van der Waals surface area (Å²) in [5, 5.41) is 0.122. The molecule has 0 amide bonds. The molecule has 11 heteroatoms. The van der Waals surface area contributed by atoms with Crippen molar-refractivity contribution in [3.05, 3.63) is 22.2 Å². The fraction of sp³-hybridized carbons (Fsp3) is 0.364. The molecule has 0 saturated heterocycles. The highest BCUT2D eigenvalue weighted by Crippen LogP contribution is 2.51. The van der Waals surface area contributed by atoms with E-state index >= 15 is 0 Å². The first-order valence-corrected chi connectivity index (χ1v) is 9.59. The molecule has 0 heterocycles. The van der Waals surface area contributed by atoms with Crippen molar-refractivity contribution < 1.29 is 47.5 Å². The third-order valence-corrected chi connectivity index (χ3v) is 4.75. The Bertz CT molecular complexity index is 975. The molecule has 0 bridgehead atoms. The Morgan fingerprint density at radius 2 is 0.970 bits per heavy atom. The van der Waals surface area contributed by atoms with Crippen LogP contribution in [0.2, 0.25) is 5.02 Å². The first-order chi connectivity index (χ1) is 15.9. The molecule has 0 aliphatic heterocycles. The monoisotopic (exact) mass is 486 g/mol. The largest absolute Gasteiger partial charge is 0.493 e. The minimum atomic E-state index is 0.122. The summed E-state index contributed by atoms with van der Waals surface area (Å²) in [4.78, 5) is 21.9. The molecule has 0 aromatic heterocycles. The number of aldehydes is 2. The number of rotatable bonds is 10. The Labute approximate surface area is 197 Å². The van der Waals surface area contributed by atoms with Gasteiger partial charge < -0.3 is 37.9 Å². The lowest BCUT2D eigenvalue weighted by molar-refractivity contribution is 0.111. The van der Waals surface area contributed by atoms with Crippen molar-refractivity contribution in [1.29, 1.82) is 0 Å². The van der Waals surface area contributed by atoms with Gasteiger partial charge in [-0.25, -0.2) is 0 Å². The molecule has 10 nitrogen and oxygen atoms in total. The van der Waals surface area contributed by atoms with Crippen LogP contribution in [0.4, 0.5) is 0 Å². The van der Waals surface area contributed by atoms with E-state index in [9.17, 15) is 9.59 Å². The Morgan fingerprint density at radius 1 is 0.545 bits per heavy atom. The van der Waals surface area contributed by atoms with Gasteiger partial charge in [0.25, 0.3) is 0 Å². The van der Waals surface area contributed by atoms with Crippen LogP contribution < -0.4 is 37.9 Å². The van der Waals surface area contributed by atoms with Crippen molar-refractivity contribution >= 4 is 24.2 Å². The number of carbonyl (C=O) groups excluding carboxylic acids is 2. The van der Waals surface area contributed by atoms with E-state index in [2.05, 4.69) is 0 Å². The van der Waals surface area contributed by atoms with Gasteiger partial charge >= 0.3 is 0 Å². The van der Waals surface area contributed by atoms with Gasteiger partial charge in [-0.2, -0.15) is 0 Å². The van der Waals surface area contributed by atoms with Crippen molar-refractivity contribution in [2.75, 3.05) is 56.9 Å². The van der Waals surface area contributed by atoms with Gasteiger partial charge in [0.1, 0.15) is 5.02 Å². The number of halogens is 1. The summed E-state index contributed by atoms with van der Waals surface area (Å²) >= 11 is 6.03. The summed E-state index contributed by atoms with van der Waals surface area (Å²) in [6, 6.07) is 1.53. The van der Waals surface area contributed by atoms with E-state index in [4.69, 9.17) is 49.5 Å². The van der Waals surface area contributed by atoms with E-state index in [1.165, 1.54) is 62.9 Å². The maximum Gasteiger partial charge on any atom is 0.208 e. The van der Waals surface area contributed by atoms with Crippen LogP contribution in [0.25, 0.3) is 0 Å². The molecule has 33 heavy (non-hydrogen) atoms. The molecule has 0 radical (unpaired) electrons. The highest BCUT2D eigenvalue weighted by Gasteiger charge is 2.26. The zero-order chi connectivity index (χ0) is 25.1. The van der Waals surface area contributed by atoms with E-state index in [0.29, 0.717) is 41.1 Å². The maximum absolute atomic E-state index is 11.0. The van der Waals surface area contributed by atoms with E-state index in [0.717, 1.165) is 0 Å². The minimum Gasteiger partial charge on any atom is -0.493 e. The lowest BCUT2D eigenvalue weighted by Gasteiger charge is -2.18. The molecule has 0 unspecified atom stereocenters. The fourth-order valence-corrected chi connectivity index (χ4v) is 3.25. The van der Waals surface area contributed by atoms with E-state index < -0.39 is 0 Å². The molecule has 182 valence electrons. The van der Waals surface area contributed by atoms with Crippen molar-refractivity contribution in [2.45, 2.75) is 0 Å².